The Balaban J connectivity index is 4.20. The summed E-state index contributed by atoms with van der Waals surface area (Å²) in [4.78, 5) is 6.29. The average molecular weight is 152 g/mol. The predicted octanol–water partition coefficient (Wildman–Crippen LogP) is 1.67. The van der Waals surface area contributed by atoms with Crippen molar-refractivity contribution in [1.29, 1.82) is 0 Å². The molecule has 58 valence electrons. The summed E-state index contributed by atoms with van der Waals surface area (Å²) in [6.45, 7) is 0.891. The molecule has 0 aliphatic rings. The van der Waals surface area contributed by atoms with Gasteiger partial charge in [-0.05, 0) is 6.92 Å². The van der Waals surface area contributed by atoms with Gasteiger partial charge in [-0.1, -0.05) is 0 Å². The molecule has 0 rings (SSSR count). The van der Waals surface area contributed by atoms with E-state index in [1.807, 2.05) is 0 Å². The molecular formula is C5H7F3N2. The van der Waals surface area contributed by atoms with E-state index in [0.29, 0.717) is 0 Å². The van der Waals surface area contributed by atoms with Gasteiger partial charge >= 0.3 is 6.18 Å². The van der Waals surface area contributed by atoms with E-state index in [0.717, 1.165) is 13.3 Å². The van der Waals surface area contributed by atoms with Crippen molar-refractivity contribution in [2.24, 2.45) is 9.98 Å². The van der Waals surface area contributed by atoms with Crippen LogP contribution in [0, 0.1) is 0 Å². The molecule has 0 aliphatic carbocycles. The maximum atomic E-state index is 11.6. The topological polar surface area (TPSA) is 24.7 Å². The minimum Gasteiger partial charge on any atom is -0.277 e. The van der Waals surface area contributed by atoms with Crippen molar-refractivity contribution >= 4 is 12.1 Å². The summed E-state index contributed by atoms with van der Waals surface area (Å²) in [7, 11) is 1.35. The zero-order valence-electron chi connectivity index (χ0n) is 5.61. The summed E-state index contributed by atoms with van der Waals surface area (Å²) in [5, 5.41) is 0. The van der Waals surface area contributed by atoms with Gasteiger partial charge in [-0.3, -0.25) is 4.99 Å². The van der Waals surface area contributed by atoms with Crippen LogP contribution < -0.4 is 0 Å². The van der Waals surface area contributed by atoms with Crippen LogP contribution in [-0.2, 0) is 0 Å². The van der Waals surface area contributed by atoms with E-state index in [-0.39, 0.29) is 0 Å². The fourth-order valence-electron chi connectivity index (χ4n) is 0.218. The van der Waals surface area contributed by atoms with E-state index in [1.54, 1.807) is 0 Å². The van der Waals surface area contributed by atoms with Crippen LogP contribution in [0.1, 0.15) is 6.92 Å². The third-order valence-electron chi connectivity index (χ3n) is 0.777. The summed E-state index contributed by atoms with van der Waals surface area (Å²) in [6.07, 6.45) is -3.47. The van der Waals surface area contributed by atoms with Gasteiger partial charge in [-0.15, -0.1) is 0 Å². The number of hydrogen-bond donors (Lipinski definition) is 0. The number of aliphatic imine (C=N–C) groups is 2. The van der Waals surface area contributed by atoms with E-state index in [4.69, 9.17) is 0 Å². The molecule has 0 N–H and O–H groups in total. The third kappa shape index (κ3) is 3.21. The van der Waals surface area contributed by atoms with Crippen molar-refractivity contribution in [3.63, 3.8) is 0 Å². The molecule has 0 aromatic carbocycles. The Morgan fingerprint density at radius 3 is 2.20 bits per heavy atom. The molecule has 0 saturated heterocycles. The Morgan fingerprint density at radius 2 is 1.90 bits per heavy atom. The normalized spacial score (nSPS) is 14.7. The molecule has 0 atom stereocenters. The van der Waals surface area contributed by atoms with Crippen LogP contribution in [0.3, 0.4) is 0 Å². The minimum absolute atomic E-state index is 0.864. The van der Waals surface area contributed by atoms with Crippen molar-refractivity contribution in [2.75, 3.05) is 7.05 Å². The molecule has 2 nitrogen and oxygen atoms in total. The van der Waals surface area contributed by atoms with Crippen molar-refractivity contribution in [3.8, 4) is 0 Å². The highest BCUT2D eigenvalue weighted by atomic mass is 19.4. The lowest BCUT2D eigenvalue weighted by molar-refractivity contribution is -0.0590. The summed E-state index contributed by atoms with van der Waals surface area (Å²) in [5.41, 5.74) is -0.891. The van der Waals surface area contributed by atoms with Gasteiger partial charge in [0, 0.05) is 7.05 Å². The standard InChI is InChI=1S/C5H7F3N2/c1-4(5(6,7)8)10-3-9-2/h3H,1-2H3. The van der Waals surface area contributed by atoms with Crippen molar-refractivity contribution in [2.45, 2.75) is 13.1 Å². The lowest BCUT2D eigenvalue weighted by Gasteiger charge is -2.01. The van der Waals surface area contributed by atoms with Gasteiger partial charge in [0.25, 0.3) is 0 Å². The van der Waals surface area contributed by atoms with Crippen LogP contribution in [0.25, 0.3) is 0 Å². The van der Waals surface area contributed by atoms with Gasteiger partial charge in [0.2, 0.25) is 0 Å². The Morgan fingerprint density at radius 1 is 1.40 bits per heavy atom. The molecule has 0 saturated carbocycles. The number of hydrogen-bond acceptors (Lipinski definition) is 1. The molecule has 0 aromatic heterocycles. The quantitative estimate of drug-likeness (QED) is 0.403. The average Bonchev–Trinajstić information content (AvgIpc) is 1.80. The van der Waals surface area contributed by atoms with Crippen LogP contribution in [0.4, 0.5) is 13.2 Å². The van der Waals surface area contributed by atoms with Crippen LogP contribution in [0.5, 0.6) is 0 Å². The molecular weight excluding hydrogens is 145 g/mol. The van der Waals surface area contributed by atoms with Gasteiger partial charge in [-0.25, -0.2) is 4.99 Å². The van der Waals surface area contributed by atoms with Crippen molar-refractivity contribution in [1.82, 2.24) is 0 Å². The SMILES string of the molecule is CN=CN=C(C)C(F)(F)F. The number of alkyl halides is 3. The highest BCUT2D eigenvalue weighted by Crippen LogP contribution is 2.16. The second-order valence-electron chi connectivity index (χ2n) is 1.59. The Kier molecular flexibility index (Phi) is 3.05. The van der Waals surface area contributed by atoms with Gasteiger partial charge in [0.15, 0.2) is 0 Å². The fraction of sp³-hybridized carbons (Fsp3) is 0.600. The number of nitrogens with zero attached hydrogens (tertiary/aromatic N) is 2. The smallest absolute Gasteiger partial charge is 0.277 e. The van der Waals surface area contributed by atoms with Gasteiger partial charge in [0.05, 0.1) is 0 Å². The molecule has 0 aliphatic heterocycles. The predicted molar refractivity (Wildman–Crippen MR) is 33.6 cm³/mol. The molecule has 0 bridgehead atoms. The second kappa shape index (κ2) is 3.34. The highest BCUT2D eigenvalue weighted by molar-refractivity contribution is 5.92. The highest BCUT2D eigenvalue weighted by Gasteiger charge is 2.31. The fourth-order valence-corrected chi connectivity index (χ4v) is 0.218. The molecule has 0 fully saturated rings. The first kappa shape index (κ1) is 9.13. The van der Waals surface area contributed by atoms with E-state index in [1.165, 1.54) is 7.05 Å². The lowest BCUT2D eigenvalue weighted by Crippen LogP contribution is -2.19. The monoisotopic (exact) mass is 152 g/mol. The number of halogens is 3. The van der Waals surface area contributed by atoms with E-state index in [9.17, 15) is 13.2 Å². The first-order valence-corrected chi connectivity index (χ1v) is 2.50. The van der Waals surface area contributed by atoms with Crippen molar-refractivity contribution in [3.05, 3.63) is 0 Å². The summed E-state index contributed by atoms with van der Waals surface area (Å²) in [5.74, 6) is 0. The molecule has 0 amide bonds. The Labute approximate surface area is 56.5 Å². The van der Waals surface area contributed by atoms with Crippen LogP contribution >= 0.6 is 0 Å². The molecule has 0 spiro atoms. The molecule has 0 aromatic rings. The number of rotatable bonds is 1. The van der Waals surface area contributed by atoms with E-state index in [2.05, 4.69) is 9.98 Å². The first-order chi connectivity index (χ1) is 4.48. The van der Waals surface area contributed by atoms with Gasteiger partial charge in [-0.2, -0.15) is 13.2 Å². The van der Waals surface area contributed by atoms with Crippen LogP contribution in [-0.4, -0.2) is 25.3 Å². The summed E-state index contributed by atoms with van der Waals surface area (Å²) < 4.78 is 34.7. The maximum Gasteiger partial charge on any atom is 0.429 e. The maximum absolute atomic E-state index is 11.6. The van der Waals surface area contributed by atoms with Gasteiger partial charge < -0.3 is 0 Å². The third-order valence-corrected chi connectivity index (χ3v) is 0.777. The summed E-state index contributed by atoms with van der Waals surface area (Å²) >= 11 is 0. The Bertz CT molecular complexity index is 157. The van der Waals surface area contributed by atoms with Crippen LogP contribution in [0.2, 0.25) is 0 Å². The zero-order valence-corrected chi connectivity index (χ0v) is 5.61. The van der Waals surface area contributed by atoms with E-state index >= 15 is 0 Å². The lowest BCUT2D eigenvalue weighted by atomic mass is 10.4. The first-order valence-electron chi connectivity index (χ1n) is 2.50. The van der Waals surface area contributed by atoms with E-state index < -0.39 is 11.9 Å². The van der Waals surface area contributed by atoms with Crippen molar-refractivity contribution < 1.29 is 13.2 Å². The largest absolute Gasteiger partial charge is 0.429 e. The zero-order chi connectivity index (χ0) is 8.20. The molecule has 10 heavy (non-hydrogen) atoms. The molecule has 0 heterocycles. The second-order valence-corrected chi connectivity index (χ2v) is 1.59. The minimum atomic E-state index is -4.33. The molecule has 0 radical (unpaired) electrons. The molecule has 0 unspecified atom stereocenters. The van der Waals surface area contributed by atoms with Crippen LogP contribution in [0.15, 0.2) is 9.98 Å². The summed E-state index contributed by atoms with van der Waals surface area (Å²) in [6, 6.07) is 0. The molecule has 5 heteroatoms. The Hall–Kier alpha value is -0.870. The van der Waals surface area contributed by atoms with Gasteiger partial charge in [0.1, 0.15) is 12.1 Å².